The van der Waals surface area contributed by atoms with E-state index in [1.54, 1.807) is 30.1 Å². The van der Waals surface area contributed by atoms with E-state index in [1.165, 1.54) is 30.5 Å². The van der Waals surface area contributed by atoms with Gasteiger partial charge in [-0.05, 0) is 60.4 Å². The van der Waals surface area contributed by atoms with Crippen molar-refractivity contribution in [1.82, 2.24) is 19.7 Å². The summed E-state index contributed by atoms with van der Waals surface area (Å²) in [6.45, 7) is -2.05. The third kappa shape index (κ3) is 4.19. The molecule has 0 saturated heterocycles. The number of rotatable bonds is 8. The third-order valence-electron chi connectivity index (χ3n) is 6.26. The third-order valence-corrected chi connectivity index (χ3v) is 6.26. The fraction of sp³-hybridized carbons (Fsp3) is 0.296. The van der Waals surface area contributed by atoms with Crippen molar-refractivity contribution in [2.75, 3.05) is 13.2 Å². The number of pyridine rings is 1. The Balaban J connectivity index is 1.29. The molecule has 2 aromatic heterocycles. The normalized spacial score (nSPS) is 17.3. The van der Waals surface area contributed by atoms with E-state index in [0.29, 0.717) is 41.5 Å². The molecule has 1 aliphatic heterocycles. The van der Waals surface area contributed by atoms with Gasteiger partial charge in [-0.15, -0.1) is 0 Å². The second-order valence-corrected chi connectivity index (χ2v) is 8.92. The van der Waals surface area contributed by atoms with Crippen LogP contribution in [0.25, 0.3) is 22.0 Å². The van der Waals surface area contributed by atoms with E-state index >= 15 is 8.78 Å². The van der Waals surface area contributed by atoms with E-state index in [1.807, 2.05) is 0 Å². The lowest BCUT2D eigenvalue weighted by atomic mass is 9.99. The molecule has 0 N–H and O–H groups in total. The first-order valence-corrected chi connectivity index (χ1v) is 11.7. The maximum absolute atomic E-state index is 15.3. The van der Waals surface area contributed by atoms with Gasteiger partial charge in [-0.3, -0.25) is 14.5 Å². The first-order valence-electron chi connectivity index (χ1n) is 12.7. The number of carbonyl (C=O) groups excluding carboxylic acids is 1. The first-order chi connectivity index (χ1) is 18.2. The molecule has 0 atom stereocenters. The minimum Gasteiger partial charge on any atom is -0.489 e. The summed E-state index contributed by atoms with van der Waals surface area (Å²) in [7, 11) is 1.75. The Labute approximate surface area is 209 Å². The number of hydrogen-bond donors (Lipinski definition) is 0. The number of benzene rings is 2. The number of amides is 1. The molecule has 0 unspecified atom stereocenters. The van der Waals surface area contributed by atoms with Crippen LogP contribution in [-0.2, 0) is 24.8 Å². The highest BCUT2D eigenvalue weighted by molar-refractivity contribution is 5.98. The summed E-state index contributed by atoms with van der Waals surface area (Å²) in [4.78, 5) is 17.6. The Morgan fingerprint density at radius 3 is 2.69 bits per heavy atom. The van der Waals surface area contributed by atoms with E-state index in [4.69, 9.17) is 12.2 Å². The van der Waals surface area contributed by atoms with Crippen molar-refractivity contribution >= 4 is 16.8 Å². The predicted molar refractivity (Wildman–Crippen MR) is 128 cm³/mol. The van der Waals surface area contributed by atoms with Gasteiger partial charge in [0.1, 0.15) is 29.5 Å². The summed E-state index contributed by atoms with van der Waals surface area (Å²) in [5.41, 5.74) is 1.01. The second-order valence-electron chi connectivity index (χ2n) is 8.92. The quantitative estimate of drug-likeness (QED) is 0.336. The summed E-state index contributed by atoms with van der Waals surface area (Å²) in [5, 5.41) is 5.13. The minimum atomic E-state index is -2.30. The van der Waals surface area contributed by atoms with Crippen molar-refractivity contribution in [3.63, 3.8) is 0 Å². The van der Waals surface area contributed by atoms with Crippen molar-refractivity contribution in [3.8, 4) is 16.9 Å². The van der Waals surface area contributed by atoms with Crippen LogP contribution in [0.3, 0.4) is 0 Å². The van der Waals surface area contributed by atoms with E-state index in [2.05, 4.69) is 10.1 Å². The Morgan fingerprint density at radius 2 is 1.94 bits per heavy atom. The van der Waals surface area contributed by atoms with Crippen molar-refractivity contribution in [2.45, 2.75) is 32.0 Å². The van der Waals surface area contributed by atoms with Gasteiger partial charge >= 0.3 is 0 Å². The molecule has 1 amide bonds. The molecule has 4 aromatic rings. The van der Waals surface area contributed by atoms with Crippen LogP contribution in [0.15, 0.2) is 48.8 Å². The number of hydrogen-bond acceptors (Lipinski definition) is 5. The SMILES string of the molecule is [2H]C1([2H])c2ncccc2C(=O)N1Cc1c(F)cc(-c2ccc(OCCOC3CC3)c3nn(C)cc23)cc1F. The van der Waals surface area contributed by atoms with Crippen molar-refractivity contribution < 1.29 is 25.8 Å². The minimum absolute atomic E-state index is 0.0668. The number of nitrogens with zero attached hydrogens (tertiary/aromatic N) is 4. The van der Waals surface area contributed by atoms with Crippen LogP contribution in [0, 0.1) is 11.6 Å². The predicted octanol–water partition coefficient (Wildman–Crippen LogP) is 4.63. The summed E-state index contributed by atoms with van der Waals surface area (Å²) >= 11 is 0. The van der Waals surface area contributed by atoms with E-state index in [9.17, 15) is 4.79 Å². The Morgan fingerprint density at radius 1 is 1.14 bits per heavy atom. The van der Waals surface area contributed by atoms with Gasteiger partial charge in [0.05, 0.1) is 39.8 Å². The molecule has 184 valence electrons. The zero-order valence-electron chi connectivity index (χ0n) is 21.5. The molecule has 1 aliphatic carbocycles. The summed E-state index contributed by atoms with van der Waals surface area (Å²) in [5.74, 6) is -1.90. The van der Waals surface area contributed by atoms with Crippen LogP contribution < -0.4 is 4.74 Å². The lowest BCUT2D eigenvalue weighted by Gasteiger charge is -2.17. The summed E-state index contributed by atoms with van der Waals surface area (Å²) < 4.78 is 60.5. The lowest BCUT2D eigenvalue weighted by Crippen LogP contribution is -2.24. The maximum atomic E-state index is 15.3. The Kier molecular flexibility index (Phi) is 5.08. The van der Waals surface area contributed by atoms with Gasteiger partial charge in [0.25, 0.3) is 5.91 Å². The topological polar surface area (TPSA) is 69.5 Å². The van der Waals surface area contributed by atoms with Crippen LogP contribution in [0.2, 0.25) is 0 Å². The highest BCUT2D eigenvalue weighted by Gasteiger charge is 2.30. The van der Waals surface area contributed by atoms with Crippen LogP contribution in [-0.4, -0.2) is 44.9 Å². The van der Waals surface area contributed by atoms with E-state index < -0.39 is 36.1 Å². The number of fused-ring (bicyclic) bond motifs is 2. The zero-order valence-corrected chi connectivity index (χ0v) is 19.5. The number of halogens is 2. The van der Waals surface area contributed by atoms with Gasteiger partial charge in [-0.25, -0.2) is 8.78 Å². The van der Waals surface area contributed by atoms with Gasteiger partial charge in [-0.2, -0.15) is 5.10 Å². The van der Waals surface area contributed by atoms with Crippen molar-refractivity contribution in [3.05, 3.63) is 77.2 Å². The van der Waals surface area contributed by atoms with E-state index in [-0.39, 0.29) is 16.8 Å². The molecule has 6 rings (SSSR count). The van der Waals surface area contributed by atoms with Crippen LogP contribution in [0.5, 0.6) is 5.75 Å². The zero-order chi connectivity index (χ0) is 26.6. The molecule has 9 heteroatoms. The van der Waals surface area contributed by atoms with Crippen molar-refractivity contribution in [2.24, 2.45) is 7.05 Å². The molecule has 0 radical (unpaired) electrons. The number of carbonyl (C=O) groups is 1. The summed E-state index contributed by atoms with van der Waals surface area (Å²) in [6.07, 6.45) is 5.62. The maximum Gasteiger partial charge on any atom is 0.256 e. The Bertz CT molecular complexity index is 1550. The fourth-order valence-corrected chi connectivity index (χ4v) is 4.33. The number of ether oxygens (including phenoxy) is 2. The van der Waals surface area contributed by atoms with E-state index in [0.717, 1.165) is 17.7 Å². The molecule has 1 saturated carbocycles. The second kappa shape index (κ2) is 8.98. The lowest BCUT2D eigenvalue weighted by molar-refractivity contribution is 0.0763. The smallest absolute Gasteiger partial charge is 0.256 e. The average Bonchev–Trinajstić information content (AvgIpc) is 3.59. The van der Waals surface area contributed by atoms with Gasteiger partial charge in [-0.1, -0.05) is 0 Å². The van der Waals surface area contributed by atoms with Gasteiger partial charge in [0.2, 0.25) is 0 Å². The van der Waals surface area contributed by atoms with Gasteiger partial charge in [0.15, 0.2) is 0 Å². The van der Waals surface area contributed by atoms with Crippen LogP contribution >= 0.6 is 0 Å². The van der Waals surface area contributed by atoms with Gasteiger partial charge in [0, 0.05) is 30.4 Å². The number of aromatic nitrogens is 3. The van der Waals surface area contributed by atoms with Crippen molar-refractivity contribution in [1.29, 1.82) is 0 Å². The largest absolute Gasteiger partial charge is 0.489 e. The number of aryl methyl sites for hydroxylation is 1. The molecule has 2 aromatic carbocycles. The van der Waals surface area contributed by atoms with Gasteiger partial charge < -0.3 is 14.4 Å². The average molecular weight is 493 g/mol. The molecule has 0 bridgehead atoms. The fourth-order valence-electron chi connectivity index (χ4n) is 4.33. The molecular weight excluding hydrogens is 466 g/mol. The summed E-state index contributed by atoms with van der Waals surface area (Å²) in [6, 6.07) is 8.78. The molecule has 3 heterocycles. The molecule has 0 spiro atoms. The first kappa shape index (κ1) is 20.4. The molecule has 7 nitrogen and oxygen atoms in total. The standard InChI is InChI=1S/C27H24F2N4O3/c1-32-13-20-18(6-7-25(26(20)31-32)36-10-9-35-17-4-5-17)16-11-22(28)21(23(29)12-16)14-33-15-24-19(27(33)34)3-2-8-30-24/h2-3,6-8,11-13,17H,4-5,9-10,14-15H2,1H3/i15D2. The molecule has 36 heavy (non-hydrogen) atoms. The molecular formula is C27H24F2N4O3. The Hall–Kier alpha value is -3.85. The molecule has 2 aliphatic rings. The highest BCUT2D eigenvalue weighted by Crippen LogP contribution is 2.36. The monoisotopic (exact) mass is 492 g/mol. The van der Waals surface area contributed by atoms with Crippen LogP contribution in [0.1, 0.15) is 37.2 Å². The highest BCUT2D eigenvalue weighted by atomic mass is 19.1. The molecule has 1 fully saturated rings. The van der Waals surface area contributed by atoms with Crippen LogP contribution in [0.4, 0.5) is 8.78 Å².